The van der Waals surface area contributed by atoms with Gasteiger partial charge in [0.2, 0.25) is 5.91 Å². The third-order valence-corrected chi connectivity index (χ3v) is 3.21. The molecule has 2 unspecified atom stereocenters. The van der Waals surface area contributed by atoms with E-state index < -0.39 is 5.82 Å². The van der Waals surface area contributed by atoms with Crippen LogP contribution in [-0.4, -0.2) is 39.3 Å². The molecule has 1 aromatic rings. The molecule has 0 spiro atoms. The zero-order chi connectivity index (χ0) is 13.8. The number of carbonyl (C=O) groups is 1. The Bertz CT molecular complexity index is 467. The van der Waals surface area contributed by atoms with Crippen LogP contribution in [-0.2, 0) is 9.53 Å². The second-order valence-electron chi connectivity index (χ2n) is 4.38. The average Bonchev–Trinajstić information content (AvgIpc) is 2.89. The molecule has 0 radical (unpaired) electrons. The SMILES string of the molecule is CNC1COCC1C(=O)Nc1ccc(F)c(OC)c1. The third kappa shape index (κ3) is 3.02. The summed E-state index contributed by atoms with van der Waals surface area (Å²) in [5.74, 6) is -0.755. The Labute approximate surface area is 111 Å². The third-order valence-electron chi connectivity index (χ3n) is 3.21. The number of hydrogen-bond donors (Lipinski definition) is 2. The maximum Gasteiger partial charge on any atom is 0.231 e. The number of amides is 1. The van der Waals surface area contributed by atoms with Crippen LogP contribution in [0.5, 0.6) is 5.75 Å². The van der Waals surface area contributed by atoms with Gasteiger partial charge in [-0.3, -0.25) is 4.79 Å². The number of ether oxygens (including phenoxy) is 2. The summed E-state index contributed by atoms with van der Waals surface area (Å²) < 4.78 is 23.4. The fraction of sp³-hybridized carbons (Fsp3) is 0.462. The molecule has 19 heavy (non-hydrogen) atoms. The molecule has 6 heteroatoms. The molecule has 1 fully saturated rings. The maximum absolute atomic E-state index is 13.3. The number of halogens is 1. The molecule has 1 amide bonds. The summed E-state index contributed by atoms with van der Waals surface area (Å²) in [4.78, 5) is 12.1. The molecule has 2 rings (SSSR count). The predicted octanol–water partition coefficient (Wildman–Crippen LogP) is 1.01. The molecule has 104 valence electrons. The van der Waals surface area contributed by atoms with Gasteiger partial charge in [-0.05, 0) is 19.2 Å². The van der Waals surface area contributed by atoms with E-state index in [0.29, 0.717) is 18.9 Å². The van der Waals surface area contributed by atoms with Crippen molar-refractivity contribution < 1.29 is 18.7 Å². The zero-order valence-corrected chi connectivity index (χ0v) is 10.9. The molecule has 1 aliphatic rings. The molecule has 0 aromatic heterocycles. The molecule has 1 heterocycles. The molecule has 1 aromatic carbocycles. The van der Waals surface area contributed by atoms with Crippen LogP contribution >= 0.6 is 0 Å². The number of carbonyl (C=O) groups excluding carboxylic acids is 1. The van der Waals surface area contributed by atoms with Gasteiger partial charge in [-0.25, -0.2) is 4.39 Å². The first kappa shape index (κ1) is 13.8. The topological polar surface area (TPSA) is 59.6 Å². The number of hydrogen-bond acceptors (Lipinski definition) is 4. The van der Waals surface area contributed by atoms with Crippen molar-refractivity contribution in [1.82, 2.24) is 5.32 Å². The normalized spacial score (nSPS) is 22.3. The van der Waals surface area contributed by atoms with Crippen LogP contribution in [0, 0.1) is 11.7 Å². The van der Waals surface area contributed by atoms with Gasteiger partial charge in [0.15, 0.2) is 11.6 Å². The summed E-state index contributed by atoms with van der Waals surface area (Å²) in [6, 6.07) is 4.22. The minimum atomic E-state index is -0.460. The summed E-state index contributed by atoms with van der Waals surface area (Å²) in [6.07, 6.45) is 0. The Morgan fingerprint density at radius 2 is 2.26 bits per heavy atom. The smallest absolute Gasteiger partial charge is 0.231 e. The van der Waals surface area contributed by atoms with Gasteiger partial charge in [0.25, 0.3) is 0 Å². The monoisotopic (exact) mass is 268 g/mol. The van der Waals surface area contributed by atoms with Crippen molar-refractivity contribution in [3.05, 3.63) is 24.0 Å². The lowest BCUT2D eigenvalue weighted by Gasteiger charge is -2.16. The van der Waals surface area contributed by atoms with Crippen LogP contribution in [0.2, 0.25) is 0 Å². The van der Waals surface area contributed by atoms with Crippen molar-refractivity contribution in [3.63, 3.8) is 0 Å². The highest BCUT2D eigenvalue weighted by molar-refractivity contribution is 5.93. The second kappa shape index (κ2) is 5.99. The lowest BCUT2D eigenvalue weighted by Crippen LogP contribution is -2.39. The quantitative estimate of drug-likeness (QED) is 0.855. The number of rotatable bonds is 4. The van der Waals surface area contributed by atoms with E-state index in [4.69, 9.17) is 9.47 Å². The van der Waals surface area contributed by atoms with Gasteiger partial charge in [0, 0.05) is 17.8 Å². The molecule has 0 saturated carbocycles. The fourth-order valence-corrected chi connectivity index (χ4v) is 2.07. The Kier molecular flexibility index (Phi) is 4.34. The van der Waals surface area contributed by atoms with Crippen molar-refractivity contribution in [1.29, 1.82) is 0 Å². The first-order valence-corrected chi connectivity index (χ1v) is 6.05. The minimum absolute atomic E-state index is 0.00217. The average molecular weight is 268 g/mol. The van der Waals surface area contributed by atoms with E-state index in [1.165, 1.54) is 25.3 Å². The van der Waals surface area contributed by atoms with E-state index in [0.717, 1.165) is 0 Å². The molecule has 1 aliphatic heterocycles. The molecule has 0 aliphatic carbocycles. The molecule has 1 saturated heterocycles. The molecule has 2 atom stereocenters. The fourth-order valence-electron chi connectivity index (χ4n) is 2.07. The Morgan fingerprint density at radius 1 is 1.47 bits per heavy atom. The van der Waals surface area contributed by atoms with E-state index in [2.05, 4.69) is 10.6 Å². The van der Waals surface area contributed by atoms with Crippen LogP contribution in [0.25, 0.3) is 0 Å². The van der Waals surface area contributed by atoms with Gasteiger partial charge >= 0.3 is 0 Å². The van der Waals surface area contributed by atoms with E-state index >= 15 is 0 Å². The second-order valence-corrected chi connectivity index (χ2v) is 4.38. The summed E-state index contributed by atoms with van der Waals surface area (Å²) in [7, 11) is 3.17. The van der Waals surface area contributed by atoms with E-state index in [9.17, 15) is 9.18 Å². The standard InChI is InChI=1S/C13H17FN2O3/c1-15-11-7-19-6-9(11)13(17)16-8-3-4-10(14)12(5-8)18-2/h3-5,9,11,15H,6-7H2,1-2H3,(H,16,17). The first-order valence-electron chi connectivity index (χ1n) is 6.05. The van der Waals surface area contributed by atoms with Crippen molar-refractivity contribution in [3.8, 4) is 5.75 Å². The van der Waals surface area contributed by atoms with Gasteiger partial charge in [0.05, 0.1) is 26.2 Å². The molecular weight excluding hydrogens is 251 g/mol. The van der Waals surface area contributed by atoms with Crippen LogP contribution in [0.3, 0.4) is 0 Å². The van der Waals surface area contributed by atoms with E-state index in [1.807, 2.05) is 0 Å². The molecule has 2 N–H and O–H groups in total. The number of methoxy groups -OCH3 is 1. The van der Waals surface area contributed by atoms with Crippen LogP contribution in [0.4, 0.5) is 10.1 Å². The highest BCUT2D eigenvalue weighted by Crippen LogP contribution is 2.23. The van der Waals surface area contributed by atoms with E-state index in [1.54, 1.807) is 7.05 Å². The summed E-state index contributed by atoms with van der Waals surface area (Å²) in [5.41, 5.74) is 0.505. The number of benzene rings is 1. The molecular formula is C13H17FN2O3. The zero-order valence-electron chi connectivity index (χ0n) is 10.9. The largest absolute Gasteiger partial charge is 0.494 e. The van der Waals surface area contributed by atoms with Crippen molar-refractivity contribution >= 4 is 11.6 Å². The van der Waals surface area contributed by atoms with Gasteiger partial charge in [0.1, 0.15) is 0 Å². The lowest BCUT2D eigenvalue weighted by atomic mass is 10.0. The van der Waals surface area contributed by atoms with Gasteiger partial charge < -0.3 is 20.1 Å². The minimum Gasteiger partial charge on any atom is -0.494 e. The molecule has 0 bridgehead atoms. The molecule has 5 nitrogen and oxygen atoms in total. The maximum atomic E-state index is 13.3. The van der Waals surface area contributed by atoms with Crippen LogP contribution in [0.15, 0.2) is 18.2 Å². The van der Waals surface area contributed by atoms with Crippen LogP contribution in [0.1, 0.15) is 0 Å². The Balaban J connectivity index is 2.06. The van der Waals surface area contributed by atoms with Gasteiger partial charge in [-0.2, -0.15) is 0 Å². The predicted molar refractivity (Wildman–Crippen MR) is 68.7 cm³/mol. The van der Waals surface area contributed by atoms with Crippen LogP contribution < -0.4 is 15.4 Å². The Hall–Kier alpha value is -1.66. The summed E-state index contributed by atoms with van der Waals surface area (Å²) in [5, 5.41) is 5.79. The van der Waals surface area contributed by atoms with Gasteiger partial charge in [-0.1, -0.05) is 0 Å². The Morgan fingerprint density at radius 3 is 2.95 bits per heavy atom. The lowest BCUT2D eigenvalue weighted by molar-refractivity contribution is -0.120. The van der Waals surface area contributed by atoms with Crippen molar-refractivity contribution in [2.24, 2.45) is 5.92 Å². The number of nitrogens with one attached hydrogen (secondary N) is 2. The number of likely N-dealkylation sites (N-methyl/N-ethyl adjacent to an activating group) is 1. The first-order chi connectivity index (χ1) is 9.15. The highest BCUT2D eigenvalue weighted by Gasteiger charge is 2.33. The summed E-state index contributed by atoms with van der Waals surface area (Å²) >= 11 is 0. The number of anilines is 1. The van der Waals surface area contributed by atoms with E-state index in [-0.39, 0.29) is 23.6 Å². The van der Waals surface area contributed by atoms with Crippen molar-refractivity contribution in [2.45, 2.75) is 6.04 Å². The highest BCUT2D eigenvalue weighted by atomic mass is 19.1. The van der Waals surface area contributed by atoms with Gasteiger partial charge in [-0.15, -0.1) is 0 Å². The summed E-state index contributed by atoms with van der Waals surface area (Å²) in [6.45, 7) is 0.900. The van der Waals surface area contributed by atoms with Crippen molar-refractivity contribution in [2.75, 3.05) is 32.7 Å².